The first-order valence-electron chi connectivity index (χ1n) is 11.0. The number of piperidine rings is 1. The van der Waals surface area contributed by atoms with Gasteiger partial charge in [-0.2, -0.15) is 10.2 Å². The van der Waals surface area contributed by atoms with Crippen LogP contribution in [-0.4, -0.2) is 52.8 Å². The van der Waals surface area contributed by atoms with Crippen LogP contribution in [0.5, 0.6) is 0 Å². The molecule has 0 spiro atoms. The SMILES string of the molecule is Cc1cc(Nc2cc3ncccc3c(N[C@@H]3C[C@H]4CC[C@@H](C3)N4Sc3cn[nH]c3)n2)n[nH]1. The van der Waals surface area contributed by atoms with Gasteiger partial charge >= 0.3 is 0 Å². The number of fused-ring (bicyclic) bond motifs is 3. The van der Waals surface area contributed by atoms with Crippen molar-refractivity contribution in [2.75, 3.05) is 10.6 Å². The highest BCUT2D eigenvalue weighted by Crippen LogP contribution is 2.43. The molecular weight excluding hydrogens is 422 g/mol. The standard InChI is InChI=1S/C22H25N9S/c1-13-7-21(30-29-13)27-20-10-19-18(3-2-6-23-19)22(28-20)26-14-8-15-4-5-16(9-14)31(15)32-17-11-24-25-12-17/h2-3,6-7,10-12,14-16H,4-5,8-9H2,1H3,(H,24,25)(H3,26,27,28,29,30)/t14-,15-,16+. The third-order valence-electron chi connectivity index (χ3n) is 6.25. The quantitative estimate of drug-likeness (QED) is 0.325. The second-order valence-corrected chi connectivity index (χ2v) is 9.65. The van der Waals surface area contributed by atoms with Gasteiger partial charge in [0.2, 0.25) is 0 Å². The Morgan fingerprint density at radius 3 is 2.78 bits per heavy atom. The summed E-state index contributed by atoms with van der Waals surface area (Å²) >= 11 is 1.83. The van der Waals surface area contributed by atoms with Gasteiger partial charge in [0, 0.05) is 53.7 Å². The predicted octanol–water partition coefficient (Wildman–Crippen LogP) is 4.24. The summed E-state index contributed by atoms with van der Waals surface area (Å²) in [6, 6.07) is 9.48. The van der Waals surface area contributed by atoms with Crippen molar-refractivity contribution in [3.63, 3.8) is 0 Å². The minimum Gasteiger partial charge on any atom is -0.367 e. The third-order valence-corrected chi connectivity index (χ3v) is 7.49. The number of anilines is 3. The van der Waals surface area contributed by atoms with E-state index in [2.05, 4.69) is 46.4 Å². The molecule has 4 aromatic heterocycles. The van der Waals surface area contributed by atoms with Crippen molar-refractivity contribution in [2.24, 2.45) is 0 Å². The second-order valence-electron chi connectivity index (χ2n) is 8.57. The van der Waals surface area contributed by atoms with Crippen LogP contribution >= 0.6 is 11.9 Å². The molecule has 0 amide bonds. The Hall–Kier alpha value is -3.11. The van der Waals surface area contributed by atoms with Gasteiger partial charge in [0.1, 0.15) is 11.6 Å². The number of H-pyrrole nitrogens is 2. The van der Waals surface area contributed by atoms with E-state index in [-0.39, 0.29) is 0 Å². The van der Waals surface area contributed by atoms with E-state index >= 15 is 0 Å². The summed E-state index contributed by atoms with van der Waals surface area (Å²) in [7, 11) is 0. The number of aryl methyl sites for hydroxylation is 1. The minimum absolute atomic E-state index is 0.382. The van der Waals surface area contributed by atoms with Crippen LogP contribution in [0.25, 0.3) is 10.9 Å². The molecule has 10 heteroatoms. The molecule has 0 aromatic carbocycles. The zero-order chi connectivity index (χ0) is 21.5. The lowest BCUT2D eigenvalue weighted by Gasteiger charge is -2.38. The van der Waals surface area contributed by atoms with Gasteiger partial charge in [-0.05, 0) is 56.7 Å². The smallest absolute Gasteiger partial charge is 0.153 e. The number of hydrogen-bond donors (Lipinski definition) is 4. The van der Waals surface area contributed by atoms with Crippen LogP contribution in [0, 0.1) is 6.92 Å². The zero-order valence-electron chi connectivity index (χ0n) is 17.7. The fraction of sp³-hybridized carbons (Fsp3) is 0.364. The highest BCUT2D eigenvalue weighted by atomic mass is 32.2. The summed E-state index contributed by atoms with van der Waals surface area (Å²) in [6.45, 7) is 1.98. The average molecular weight is 448 g/mol. The lowest BCUT2D eigenvalue weighted by Crippen LogP contribution is -2.43. The van der Waals surface area contributed by atoms with Crippen LogP contribution in [0.3, 0.4) is 0 Å². The van der Waals surface area contributed by atoms with Crippen molar-refractivity contribution >= 4 is 40.3 Å². The number of hydrogen-bond acceptors (Lipinski definition) is 8. The fourth-order valence-corrected chi connectivity index (χ4v) is 6.00. The molecule has 3 atom stereocenters. The van der Waals surface area contributed by atoms with Gasteiger partial charge in [-0.1, -0.05) is 0 Å². The molecule has 6 rings (SSSR count). The van der Waals surface area contributed by atoms with Crippen LogP contribution in [-0.2, 0) is 0 Å². The number of rotatable bonds is 6. The van der Waals surface area contributed by atoms with E-state index in [4.69, 9.17) is 4.98 Å². The molecule has 6 heterocycles. The first-order valence-corrected chi connectivity index (χ1v) is 11.7. The van der Waals surface area contributed by atoms with Gasteiger partial charge in [-0.15, -0.1) is 0 Å². The summed E-state index contributed by atoms with van der Waals surface area (Å²) in [4.78, 5) is 10.7. The summed E-state index contributed by atoms with van der Waals surface area (Å²) in [5.41, 5.74) is 1.91. The molecule has 2 aliphatic heterocycles. The molecule has 0 aliphatic carbocycles. The Labute approximate surface area is 189 Å². The molecule has 164 valence electrons. The van der Waals surface area contributed by atoms with Crippen LogP contribution in [0.4, 0.5) is 17.5 Å². The maximum Gasteiger partial charge on any atom is 0.153 e. The number of aromatic nitrogens is 6. The highest BCUT2D eigenvalue weighted by molar-refractivity contribution is 7.97. The molecule has 2 fully saturated rings. The molecule has 9 nitrogen and oxygen atoms in total. The van der Waals surface area contributed by atoms with E-state index < -0.39 is 0 Å². The fourth-order valence-electron chi connectivity index (χ4n) is 4.87. The molecule has 4 N–H and O–H groups in total. The Morgan fingerprint density at radius 1 is 1.16 bits per heavy atom. The van der Waals surface area contributed by atoms with E-state index in [0.29, 0.717) is 18.1 Å². The van der Waals surface area contributed by atoms with Crippen molar-refractivity contribution < 1.29 is 0 Å². The molecule has 0 unspecified atom stereocenters. The summed E-state index contributed by atoms with van der Waals surface area (Å²) in [5.74, 6) is 2.37. The summed E-state index contributed by atoms with van der Waals surface area (Å²) in [5, 5.41) is 22.3. The molecule has 2 aliphatic rings. The Bertz CT molecular complexity index is 1210. The Kier molecular flexibility index (Phi) is 4.95. The first kappa shape index (κ1) is 19.6. The first-order chi connectivity index (χ1) is 15.7. The second kappa shape index (κ2) is 8.10. The van der Waals surface area contributed by atoms with Gasteiger partial charge < -0.3 is 10.6 Å². The predicted molar refractivity (Wildman–Crippen MR) is 126 cm³/mol. The van der Waals surface area contributed by atoms with Crippen LogP contribution in [0.2, 0.25) is 0 Å². The number of nitrogens with zero attached hydrogens (tertiary/aromatic N) is 5. The van der Waals surface area contributed by atoms with E-state index in [1.54, 1.807) is 0 Å². The highest BCUT2D eigenvalue weighted by Gasteiger charge is 2.41. The summed E-state index contributed by atoms with van der Waals surface area (Å²) < 4.78 is 2.58. The van der Waals surface area contributed by atoms with Gasteiger partial charge in [-0.25, -0.2) is 9.29 Å². The van der Waals surface area contributed by atoms with Gasteiger partial charge in [-0.3, -0.25) is 15.2 Å². The third kappa shape index (κ3) is 3.80. The van der Waals surface area contributed by atoms with Crippen molar-refractivity contribution in [3.05, 3.63) is 48.5 Å². The monoisotopic (exact) mass is 447 g/mol. The van der Waals surface area contributed by atoms with E-state index in [1.807, 2.05) is 55.7 Å². The van der Waals surface area contributed by atoms with Crippen molar-refractivity contribution in [2.45, 2.75) is 55.6 Å². The van der Waals surface area contributed by atoms with E-state index in [1.165, 1.54) is 17.7 Å². The Balaban J connectivity index is 1.23. The maximum absolute atomic E-state index is 4.90. The molecule has 2 bridgehead atoms. The maximum atomic E-state index is 4.90. The normalized spacial score (nSPS) is 23.0. The van der Waals surface area contributed by atoms with Crippen LogP contribution < -0.4 is 10.6 Å². The minimum atomic E-state index is 0.382. The summed E-state index contributed by atoms with van der Waals surface area (Å²) in [6.07, 6.45) is 10.4. The lowest BCUT2D eigenvalue weighted by atomic mass is 9.99. The van der Waals surface area contributed by atoms with Crippen molar-refractivity contribution in [1.29, 1.82) is 0 Å². The zero-order valence-corrected chi connectivity index (χ0v) is 18.6. The molecule has 0 radical (unpaired) electrons. The number of aromatic amines is 2. The van der Waals surface area contributed by atoms with Crippen molar-refractivity contribution in [1.82, 2.24) is 34.7 Å². The molecule has 32 heavy (non-hydrogen) atoms. The van der Waals surface area contributed by atoms with E-state index in [0.717, 1.165) is 46.9 Å². The van der Waals surface area contributed by atoms with Gasteiger partial charge in [0.25, 0.3) is 0 Å². The van der Waals surface area contributed by atoms with Gasteiger partial charge in [0.15, 0.2) is 5.82 Å². The van der Waals surface area contributed by atoms with Crippen molar-refractivity contribution in [3.8, 4) is 0 Å². The van der Waals surface area contributed by atoms with Crippen LogP contribution in [0.1, 0.15) is 31.4 Å². The average Bonchev–Trinajstić information content (AvgIpc) is 3.50. The number of pyridine rings is 2. The van der Waals surface area contributed by atoms with Crippen LogP contribution in [0.15, 0.2) is 47.8 Å². The largest absolute Gasteiger partial charge is 0.367 e. The molecule has 2 saturated heterocycles. The topological polar surface area (TPSA) is 110 Å². The molecular formula is C22H25N9S. The lowest BCUT2D eigenvalue weighted by molar-refractivity contribution is 0.255. The van der Waals surface area contributed by atoms with Gasteiger partial charge in [0.05, 0.1) is 16.6 Å². The molecule has 0 saturated carbocycles. The van der Waals surface area contributed by atoms with E-state index in [9.17, 15) is 0 Å². The number of nitrogens with one attached hydrogen (secondary N) is 4. The Morgan fingerprint density at radius 2 is 2.03 bits per heavy atom. The molecule has 4 aromatic rings.